The lowest BCUT2D eigenvalue weighted by atomic mass is 10.1. The van der Waals surface area contributed by atoms with Gasteiger partial charge in [0.05, 0.1) is 33.0 Å². The van der Waals surface area contributed by atoms with E-state index in [-0.39, 0.29) is 30.0 Å². The Hall–Kier alpha value is -1.10. The van der Waals surface area contributed by atoms with Crippen molar-refractivity contribution in [1.82, 2.24) is 15.1 Å². The predicted molar refractivity (Wildman–Crippen MR) is 129 cm³/mol. The molecular weight excluding hydrogens is 483 g/mol. The number of guanidine groups is 1. The summed E-state index contributed by atoms with van der Waals surface area (Å²) >= 11 is 0. The highest BCUT2D eigenvalue weighted by molar-refractivity contribution is 14.0. The summed E-state index contributed by atoms with van der Waals surface area (Å²) in [4.78, 5) is 9.04. The minimum atomic E-state index is 0. The normalized spacial score (nSPS) is 17.9. The minimum Gasteiger partial charge on any atom is -0.497 e. The van der Waals surface area contributed by atoms with Gasteiger partial charge in [0.1, 0.15) is 5.75 Å². The molecule has 2 unspecified atom stereocenters. The highest BCUT2D eigenvalue weighted by Crippen LogP contribution is 2.21. The van der Waals surface area contributed by atoms with E-state index >= 15 is 0 Å². The number of nitrogens with one attached hydrogen (secondary N) is 1. The summed E-state index contributed by atoms with van der Waals surface area (Å²) in [7, 11) is 9.44. The van der Waals surface area contributed by atoms with Gasteiger partial charge < -0.3 is 29.3 Å². The fourth-order valence-electron chi connectivity index (χ4n) is 3.50. The quantitative estimate of drug-likeness (QED) is 0.222. The van der Waals surface area contributed by atoms with Gasteiger partial charge in [0.25, 0.3) is 0 Å². The van der Waals surface area contributed by atoms with Gasteiger partial charge >= 0.3 is 0 Å². The fourth-order valence-corrected chi connectivity index (χ4v) is 3.50. The zero-order chi connectivity index (χ0) is 20.4. The number of ether oxygens (including phenoxy) is 3. The molecule has 1 fully saturated rings. The van der Waals surface area contributed by atoms with Crippen LogP contribution in [0.3, 0.4) is 0 Å². The molecule has 1 N–H and O–H groups in total. The van der Waals surface area contributed by atoms with E-state index in [9.17, 15) is 0 Å². The maximum atomic E-state index is 5.70. The highest BCUT2D eigenvalue weighted by atomic mass is 127. The number of halogens is 1. The first-order chi connectivity index (χ1) is 13.6. The van der Waals surface area contributed by atoms with Crippen LogP contribution in [0.25, 0.3) is 0 Å². The molecule has 0 spiro atoms. The van der Waals surface area contributed by atoms with Gasteiger partial charge in [-0.2, -0.15) is 0 Å². The molecule has 1 aromatic rings. The topological polar surface area (TPSA) is 58.6 Å². The lowest BCUT2D eigenvalue weighted by Crippen LogP contribution is -2.43. The molecular formula is C21H37IN4O3. The molecule has 0 radical (unpaired) electrons. The second-order valence-corrected chi connectivity index (χ2v) is 7.35. The molecule has 1 aromatic carbocycles. The fraction of sp³-hybridized carbons (Fsp3) is 0.667. The third kappa shape index (κ3) is 8.27. The number of aliphatic imine (C=N–C) groups is 1. The summed E-state index contributed by atoms with van der Waals surface area (Å²) in [5.41, 5.74) is 1.25. The van der Waals surface area contributed by atoms with E-state index in [0.717, 1.165) is 44.4 Å². The maximum Gasteiger partial charge on any atom is 0.193 e. The average molecular weight is 520 g/mol. The molecule has 2 rings (SSSR count). The Morgan fingerprint density at radius 1 is 1.24 bits per heavy atom. The minimum absolute atomic E-state index is 0. The van der Waals surface area contributed by atoms with Gasteiger partial charge in [0.15, 0.2) is 5.96 Å². The zero-order valence-corrected chi connectivity index (χ0v) is 20.7. The SMILES string of the molecule is CN=C(NCC(c1ccc(OC)cc1)N(C)C)N1CCC(COCCOC)C1.I. The van der Waals surface area contributed by atoms with E-state index in [4.69, 9.17) is 14.2 Å². The Morgan fingerprint density at radius 3 is 2.55 bits per heavy atom. The molecule has 8 heteroatoms. The van der Waals surface area contributed by atoms with Crippen LogP contribution in [0, 0.1) is 5.92 Å². The first-order valence-corrected chi connectivity index (χ1v) is 9.91. The van der Waals surface area contributed by atoms with Crippen molar-refractivity contribution in [3.8, 4) is 5.75 Å². The summed E-state index contributed by atoms with van der Waals surface area (Å²) in [6.07, 6.45) is 1.13. The highest BCUT2D eigenvalue weighted by Gasteiger charge is 2.25. The van der Waals surface area contributed by atoms with Gasteiger partial charge in [-0.15, -0.1) is 24.0 Å². The summed E-state index contributed by atoms with van der Waals surface area (Å²) in [5, 5.41) is 3.56. The van der Waals surface area contributed by atoms with Crippen LogP contribution in [0.2, 0.25) is 0 Å². The summed E-state index contributed by atoms with van der Waals surface area (Å²) in [6, 6.07) is 8.51. The lowest BCUT2D eigenvalue weighted by molar-refractivity contribution is 0.0536. The van der Waals surface area contributed by atoms with Crippen molar-refractivity contribution in [2.45, 2.75) is 12.5 Å². The Kier molecular flexibility index (Phi) is 12.5. The summed E-state index contributed by atoms with van der Waals surface area (Å²) in [6.45, 7) is 4.86. The van der Waals surface area contributed by atoms with Gasteiger partial charge in [-0.25, -0.2) is 0 Å². The van der Waals surface area contributed by atoms with Crippen LogP contribution in [0.4, 0.5) is 0 Å². The largest absolute Gasteiger partial charge is 0.497 e. The molecule has 1 heterocycles. The van der Waals surface area contributed by atoms with Crippen molar-refractivity contribution < 1.29 is 14.2 Å². The number of benzene rings is 1. The average Bonchev–Trinajstić information content (AvgIpc) is 3.17. The van der Waals surface area contributed by atoms with Crippen LogP contribution >= 0.6 is 24.0 Å². The molecule has 0 aliphatic carbocycles. The molecule has 29 heavy (non-hydrogen) atoms. The molecule has 7 nitrogen and oxygen atoms in total. The van der Waals surface area contributed by atoms with E-state index in [2.05, 4.69) is 46.3 Å². The van der Waals surface area contributed by atoms with Crippen molar-refractivity contribution in [1.29, 1.82) is 0 Å². The van der Waals surface area contributed by atoms with Gasteiger partial charge in [-0.05, 0) is 38.2 Å². The van der Waals surface area contributed by atoms with E-state index in [0.29, 0.717) is 19.1 Å². The van der Waals surface area contributed by atoms with Gasteiger partial charge in [0, 0.05) is 39.7 Å². The molecule has 166 valence electrons. The van der Waals surface area contributed by atoms with Crippen molar-refractivity contribution in [2.75, 3.05) is 74.8 Å². The number of nitrogens with zero attached hydrogens (tertiary/aromatic N) is 3. The third-order valence-corrected chi connectivity index (χ3v) is 5.16. The first-order valence-electron chi connectivity index (χ1n) is 9.91. The number of hydrogen-bond acceptors (Lipinski definition) is 5. The van der Waals surface area contributed by atoms with E-state index in [1.54, 1.807) is 14.2 Å². The first kappa shape index (κ1) is 25.9. The maximum absolute atomic E-state index is 5.70. The number of methoxy groups -OCH3 is 2. The van der Waals surface area contributed by atoms with Crippen LogP contribution in [0.15, 0.2) is 29.3 Å². The lowest BCUT2D eigenvalue weighted by Gasteiger charge is -2.28. The van der Waals surface area contributed by atoms with E-state index in [1.807, 2.05) is 19.2 Å². The molecule has 0 bridgehead atoms. The smallest absolute Gasteiger partial charge is 0.193 e. The van der Waals surface area contributed by atoms with Crippen molar-refractivity contribution in [2.24, 2.45) is 10.9 Å². The predicted octanol–water partition coefficient (Wildman–Crippen LogP) is 2.48. The van der Waals surface area contributed by atoms with Crippen LogP contribution in [-0.4, -0.2) is 90.6 Å². The second-order valence-electron chi connectivity index (χ2n) is 7.35. The van der Waals surface area contributed by atoms with Crippen LogP contribution < -0.4 is 10.1 Å². The van der Waals surface area contributed by atoms with Gasteiger partial charge in [-0.3, -0.25) is 4.99 Å². The number of likely N-dealkylation sites (N-methyl/N-ethyl adjacent to an activating group) is 1. The van der Waals surface area contributed by atoms with Crippen molar-refractivity contribution in [3.63, 3.8) is 0 Å². The summed E-state index contributed by atoms with van der Waals surface area (Å²) in [5.74, 6) is 2.38. The molecule has 0 saturated carbocycles. The van der Waals surface area contributed by atoms with Crippen LogP contribution in [0.5, 0.6) is 5.75 Å². The Morgan fingerprint density at radius 2 is 1.97 bits per heavy atom. The van der Waals surface area contributed by atoms with Gasteiger partial charge in [-0.1, -0.05) is 12.1 Å². The zero-order valence-electron chi connectivity index (χ0n) is 18.4. The van der Waals surface area contributed by atoms with Crippen molar-refractivity contribution >= 4 is 29.9 Å². The molecule has 2 atom stereocenters. The van der Waals surface area contributed by atoms with E-state index < -0.39 is 0 Å². The summed E-state index contributed by atoms with van der Waals surface area (Å²) < 4.78 is 16.0. The molecule has 1 aliphatic heterocycles. The molecule has 0 aromatic heterocycles. The number of hydrogen-bond donors (Lipinski definition) is 1. The van der Waals surface area contributed by atoms with Crippen LogP contribution in [0.1, 0.15) is 18.0 Å². The Balaban J connectivity index is 0.00000420. The Bertz CT molecular complexity index is 598. The Labute approximate surface area is 192 Å². The third-order valence-electron chi connectivity index (χ3n) is 5.16. The standard InChI is InChI=1S/C21H36N4O3.HI/c1-22-21(25-11-10-17(15-25)16-28-13-12-26-4)23-14-20(24(2)3)18-6-8-19(27-5)9-7-18;/h6-9,17,20H,10-16H2,1-5H3,(H,22,23);1H. The molecule has 0 amide bonds. The number of rotatable bonds is 10. The molecule has 1 aliphatic rings. The number of likely N-dealkylation sites (tertiary alicyclic amines) is 1. The molecule has 1 saturated heterocycles. The van der Waals surface area contributed by atoms with Crippen LogP contribution in [-0.2, 0) is 9.47 Å². The van der Waals surface area contributed by atoms with Crippen molar-refractivity contribution in [3.05, 3.63) is 29.8 Å². The second kappa shape index (κ2) is 14.0. The van der Waals surface area contributed by atoms with E-state index in [1.165, 1.54) is 5.56 Å². The van der Waals surface area contributed by atoms with Gasteiger partial charge in [0.2, 0.25) is 0 Å². The monoisotopic (exact) mass is 520 g/mol.